The molecule has 236 valence electrons. The Hall–Kier alpha value is -2.61. The highest BCUT2D eigenvalue weighted by molar-refractivity contribution is 5.87. The minimum atomic E-state index is -1.37. The molecule has 1 heterocycles. The van der Waals surface area contributed by atoms with Gasteiger partial charge >= 0.3 is 0 Å². The molecule has 0 spiro atoms. The fraction of sp³-hybridized carbons (Fsp3) is 0.639. The maximum Gasteiger partial charge on any atom is 0.254 e. The molecule has 4 aliphatic rings. The first kappa shape index (κ1) is 31.8. The van der Waals surface area contributed by atoms with Crippen molar-refractivity contribution in [3.8, 4) is 11.5 Å². The molecule has 3 aliphatic carbocycles. The zero-order valence-electron chi connectivity index (χ0n) is 26.6. The van der Waals surface area contributed by atoms with E-state index in [1.165, 1.54) is 12.0 Å². The molecule has 43 heavy (non-hydrogen) atoms. The number of aliphatic hydroxyl groups is 3. The van der Waals surface area contributed by atoms with Gasteiger partial charge in [0.15, 0.2) is 0 Å². The van der Waals surface area contributed by atoms with E-state index in [4.69, 9.17) is 9.47 Å². The summed E-state index contributed by atoms with van der Waals surface area (Å²) in [5.74, 6) is 2.58. The lowest BCUT2D eigenvalue weighted by Crippen LogP contribution is -2.40. The number of allylic oxidation sites excluding steroid dienone is 3. The van der Waals surface area contributed by atoms with E-state index in [-0.39, 0.29) is 17.4 Å². The van der Waals surface area contributed by atoms with Gasteiger partial charge in [-0.05, 0) is 104 Å². The molecule has 1 aromatic rings. The van der Waals surface area contributed by atoms with Crippen LogP contribution in [0.3, 0.4) is 0 Å². The summed E-state index contributed by atoms with van der Waals surface area (Å²) in [6, 6.07) is 5.64. The largest absolute Gasteiger partial charge is 0.497 e. The summed E-state index contributed by atoms with van der Waals surface area (Å²) >= 11 is 0. The van der Waals surface area contributed by atoms with E-state index in [9.17, 15) is 20.1 Å². The predicted molar refractivity (Wildman–Crippen MR) is 168 cm³/mol. The lowest BCUT2D eigenvalue weighted by atomic mass is 9.60. The van der Waals surface area contributed by atoms with E-state index in [0.717, 1.165) is 48.8 Å². The highest BCUT2D eigenvalue weighted by atomic mass is 16.5. The third kappa shape index (κ3) is 6.31. The van der Waals surface area contributed by atoms with Crippen LogP contribution >= 0.6 is 0 Å². The molecular formula is C36H51NO6. The van der Waals surface area contributed by atoms with Crippen molar-refractivity contribution >= 4 is 5.91 Å². The average molecular weight is 594 g/mol. The van der Waals surface area contributed by atoms with Gasteiger partial charge in [0.1, 0.15) is 17.1 Å². The first-order chi connectivity index (χ1) is 20.4. The number of ether oxygens (including phenoxy) is 2. The van der Waals surface area contributed by atoms with E-state index >= 15 is 0 Å². The lowest BCUT2D eigenvalue weighted by molar-refractivity contribution is -0.142. The number of carbonyl (C=O) groups is 1. The van der Waals surface area contributed by atoms with Gasteiger partial charge in [-0.1, -0.05) is 38.2 Å². The molecule has 8 atom stereocenters. The minimum Gasteiger partial charge on any atom is -0.497 e. The van der Waals surface area contributed by atoms with Crippen LogP contribution < -0.4 is 9.47 Å². The van der Waals surface area contributed by atoms with Gasteiger partial charge in [0.25, 0.3) is 5.91 Å². The number of methoxy groups -OCH3 is 2. The second-order valence-corrected chi connectivity index (χ2v) is 14.2. The highest BCUT2D eigenvalue weighted by Gasteiger charge is 2.53. The summed E-state index contributed by atoms with van der Waals surface area (Å²) in [6.45, 7) is 11.0. The summed E-state index contributed by atoms with van der Waals surface area (Å²) < 4.78 is 10.9. The Labute approximate surface area is 257 Å². The van der Waals surface area contributed by atoms with Crippen molar-refractivity contribution in [1.29, 1.82) is 0 Å². The molecule has 3 saturated carbocycles. The van der Waals surface area contributed by atoms with Gasteiger partial charge in [-0.3, -0.25) is 4.79 Å². The Morgan fingerprint density at radius 1 is 1.12 bits per heavy atom. The monoisotopic (exact) mass is 593 g/mol. The van der Waals surface area contributed by atoms with Crippen molar-refractivity contribution in [2.24, 2.45) is 23.2 Å². The molecule has 7 nitrogen and oxygen atoms in total. The molecule has 1 aliphatic heterocycles. The number of likely N-dealkylation sites (tertiary alicyclic amines) is 1. The maximum absolute atomic E-state index is 13.4. The molecule has 1 aromatic carbocycles. The zero-order chi connectivity index (χ0) is 31.1. The second-order valence-electron chi connectivity index (χ2n) is 14.2. The Morgan fingerprint density at radius 3 is 2.49 bits per heavy atom. The molecule has 5 rings (SSSR count). The van der Waals surface area contributed by atoms with Crippen molar-refractivity contribution in [3.05, 3.63) is 59.2 Å². The number of carbonyl (C=O) groups excluding carboxylic acids is 1. The normalized spacial score (nSPS) is 37.2. The fourth-order valence-corrected chi connectivity index (χ4v) is 8.97. The number of aliphatic hydroxyl groups excluding tert-OH is 2. The van der Waals surface area contributed by atoms with Crippen LogP contribution in [0.1, 0.15) is 84.1 Å². The number of nitrogens with zero attached hydrogens (tertiary/aromatic N) is 1. The topological polar surface area (TPSA) is 99.5 Å². The zero-order valence-corrected chi connectivity index (χ0v) is 26.6. The van der Waals surface area contributed by atoms with Crippen LogP contribution in [0.2, 0.25) is 0 Å². The number of fused-ring (bicyclic) bond motifs is 1. The summed E-state index contributed by atoms with van der Waals surface area (Å²) in [6.07, 6.45) is 11.1. The van der Waals surface area contributed by atoms with Gasteiger partial charge in [0.05, 0.1) is 26.4 Å². The third-order valence-electron chi connectivity index (χ3n) is 11.2. The van der Waals surface area contributed by atoms with Crippen LogP contribution in [0.5, 0.6) is 11.5 Å². The number of rotatable bonds is 8. The predicted octanol–water partition coefficient (Wildman–Crippen LogP) is 5.72. The number of benzene rings is 1. The molecule has 4 fully saturated rings. The third-order valence-corrected chi connectivity index (χ3v) is 11.2. The molecule has 3 N–H and O–H groups in total. The number of amides is 1. The van der Waals surface area contributed by atoms with Crippen LogP contribution in [-0.2, 0) is 11.3 Å². The lowest BCUT2D eigenvalue weighted by Gasteiger charge is -2.45. The van der Waals surface area contributed by atoms with Crippen molar-refractivity contribution in [2.75, 3.05) is 14.2 Å². The van der Waals surface area contributed by atoms with Gasteiger partial charge in [0.2, 0.25) is 0 Å². The van der Waals surface area contributed by atoms with Gasteiger partial charge in [-0.15, -0.1) is 0 Å². The summed E-state index contributed by atoms with van der Waals surface area (Å²) in [7, 11) is 3.24. The molecule has 0 bridgehead atoms. The summed E-state index contributed by atoms with van der Waals surface area (Å²) in [4.78, 5) is 15.3. The number of hydrogen-bond donors (Lipinski definition) is 3. The van der Waals surface area contributed by atoms with Crippen LogP contribution in [0, 0.1) is 23.2 Å². The maximum atomic E-state index is 13.4. The van der Waals surface area contributed by atoms with Crippen LogP contribution in [0.25, 0.3) is 0 Å². The molecule has 0 radical (unpaired) electrons. The Bertz CT molecular complexity index is 1260. The van der Waals surface area contributed by atoms with Gasteiger partial charge in [-0.2, -0.15) is 0 Å². The van der Waals surface area contributed by atoms with Crippen LogP contribution in [0.15, 0.2) is 53.6 Å². The molecular weight excluding hydrogens is 542 g/mol. The molecule has 0 aromatic heterocycles. The second kappa shape index (κ2) is 12.4. The van der Waals surface area contributed by atoms with Gasteiger partial charge in [-0.25, -0.2) is 0 Å². The average Bonchev–Trinajstić information content (AvgIpc) is 3.42. The highest BCUT2D eigenvalue weighted by Crippen LogP contribution is 2.60. The first-order valence-electron chi connectivity index (χ1n) is 16.1. The molecule has 7 heteroatoms. The van der Waals surface area contributed by atoms with Crippen LogP contribution in [-0.4, -0.2) is 64.2 Å². The van der Waals surface area contributed by atoms with Crippen molar-refractivity contribution in [2.45, 2.75) is 109 Å². The van der Waals surface area contributed by atoms with E-state index < -0.39 is 17.8 Å². The quantitative estimate of drug-likeness (QED) is 0.357. The molecule has 1 saturated heterocycles. The van der Waals surface area contributed by atoms with Crippen molar-refractivity contribution in [1.82, 2.24) is 4.90 Å². The van der Waals surface area contributed by atoms with Gasteiger partial charge in [0, 0.05) is 31.5 Å². The standard InChI is InChI=1S/C36H51NO6/c1-22(14-27-20-36(4,41)34(40)37(27)21-24-15-29(42-5)19-30(16-24)43-6)31-11-12-32-25(8-7-13-35(31,32)3)9-10-26-17-28(38)18-33(39)23(26)2/h9-10,15-16,19,22,27-28,31-33,38-39,41H,2,7-8,11-14,17-18,20-21H2,1,3-6H3/b25-9+,26-10-/t22-,27+,28-,31-,32+,33+,35-,36-/m1/s1. The van der Waals surface area contributed by atoms with E-state index in [2.05, 4.69) is 32.6 Å². The number of hydrogen-bond acceptors (Lipinski definition) is 6. The van der Waals surface area contributed by atoms with E-state index in [0.29, 0.717) is 55.1 Å². The molecule has 0 unspecified atom stereocenters. The SMILES string of the molecule is C=C1/C(=C\C=C2/CCC[C@]3(C)[C@@H]([C@H](C)C[C@H]4C[C@@](C)(O)C(=O)N4Cc4cc(OC)cc(OC)c4)CC[C@@H]23)C[C@@H](O)C[C@@H]1O. The summed E-state index contributed by atoms with van der Waals surface area (Å²) in [5.41, 5.74) is 2.91. The Balaban J connectivity index is 1.32. The minimum absolute atomic E-state index is 0.0455. The van der Waals surface area contributed by atoms with E-state index in [1.54, 1.807) is 21.1 Å². The smallest absolute Gasteiger partial charge is 0.254 e. The van der Waals surface area contributed by atoms with Gasteiger partial charge < -0.3 is 29.7 Å². The Kier molecular flexibility index (Phi) is 9.18. The Morgan fingerprint density at radius 2 is 1.81 bits per heavy atom. The summed E-state index contributed by atoms with van der Waals surface area (Å²) in [5, 5.41) is 31.5. The molecule has 1 amide bonds. The van der Waals surface area contributed by atoms with E-state index in [1.807, 2.05) is 23.1 Å². The van der Waals surface area contributed by atoms with Crippen molar-refractivity contribution in [3.63, 3.8) is 0 Å². The van der Waals surface area contributed by atoms with Crippen LogP contribution in [0.4, 0.5) is 0 Å². The van der Waals surface area contributed by atoms with Crippen molar-refractivity contribution < 1.29 is 29.6 Å². The first-order valence-corrected chi connectivity index (χ1v) is 16.1. The fourth-order valence-electron chi connectivity index (χ4n) is 8.97.